The summed E-state index contributed by atoms with van der Waals surface area (Å²) < 4.78 is 39.1. The number of nitrogens with one attached hydrogen (secondary N) is 1. The molecule has 1 aromatic carbocycles. The summed E-state index contributed by atoms with van der Waals surface area (Å²) in [5.41, 5.74) is 5.10. The normalized spacial score (nSPS) is 13.2. The minimum atomic E-state index is -4.46. The molecule has 0 spiro atoms. The third-order valence-electron chi connectivity index (χ3n) is 2.73. The summed E-state index contributed by atoms with van der Waals surface area (Å²) in [6.07, 6.45) is -5.10. The van der Waals surface area contributed by atoms with Gasteiger partial charge >= 0.3 is 6.18 Å². The van der Waals surface area contributed by atoms with Crippen LogP contribution in [-0.2, 0) is 4.79 Å². The van der Waals surface area contributed by atoms with Crippen LogP contribution in [0.2, 0.25) is 0 Å². The second-order valence-electron chi connectivity index (χ2n) is 5.47. The molecule has 1 rings (SSSR count). The van der Waals surface area contributed by atoms with E-state index < -0.39 is 30.0 Å². The second-order valence-corrected chi connectivity index (χ2v) is 5.47. The third-order valence-corrected chi connectivity index (χ3v) is 2.73. The average Bonchev–Trinajstić information content (AvgIpc) is 2.32. The molecule has 0 fully saturated rings. The van der Waals surface area contributed by atoms with Gasteiger partial charge in [-0.25, -0.2) is 0 Å². The Balaban J connectivity index is 0.00000400. The Bertz CT molecular complexity index is 444. The lowest BCUT2D eigenvalue weighted by atomic mass is 9.94. The van der Waals surface area contributed by atoms with Crippen molar-refractivity contribution < 1.29 is 18.0 Å². The Labute approximate surface area is 128 Å². The fraction of sp³-hybridized carbons (Fsp3) is 0.500. The molecule has 3 N–H and O–H groups in total. The molecule has 0 saturated carbocycles. The van der Waals surface area contributed by atoms with Crippen LogP contribution >= 0.6 is 12.4 Å². The van der Waals surface area contributed by atoms with E-state index in [4.69, 9.17) is 5.73 Å². The molecule has 7 heteroatoms. The van der Waals surface area contributed by atoms with Crippen LogP contribution in [0, 0.1) is 0 Å². The van der Waals surface area contributed by atoms with Crippen LogP contribution in [0.4, 0.5) is 13.2 Å². The highest BCUT2D eigenvalue weighted by molar-refractivity contribution is 5.85. The molecule has 0 saturated heterocycles. The molecule has 0 aliphatic carbocycles. The molecule has 120 valence electrons. The van der Waals surface area contributed by atoms with Crippen molar-refractivity contribution in [1.82, 2.24) is 5.32 Å². The van der Waals surface area contributed by atoms with Crippen molar-refractivity contribution >= 4 is 18.3 Å². The number of carbonyl (C=O) groups is 1. The van der Waals surface area contributed by atoms with E-state index in [1.807, 2.05) is 0 Å². The topological polar surface area (TPSA) is 55.1 Å². The lowest BCUT2D eigenvalue weighted by Crippen LogP contribution is -2.45. The number of hydrogen-bond donors (Lipinski definition) is 2. The Morgan fingerprint density at radius 1 is 1.24 bits per heavy atom. The Hall–Kier alpha value is -1.27. The molecule has 3 nitrogen and oxygen atoms in total. The minimum Gasteiger partial charge on any atom is -0.354 e. The standard InChI is InChI=1S/C14H19F3N2O.ClH/c1-13(2,18)9-19-12(20)8-11(14(15,16)17)10-6-4-3-5-7-10;/h3-7,11H,8-9,18H2,1-2H3,(H,19,20);1H. The first kappa shape index (κ1) is 19.7. The molecule has 1 aromatic rings. The number of carbonyl (C=O) groups excluding carboxylic acids is 1. The summed E-state index contributed by atoms with van der Waals surface area (Å²) >= 11 is 0. The molecule has 1 unspecified atom stereocenters. The van der Waals surface area contributed by atoms with E-state index in [0.29, 0.717) is 0 Å². The van der Waals surface area contributed by atoms with E-state index in [1.54, 1.807) is 19.9 Å². The molecule has 0 bridgehead atoms. The van der Waals surface area contributed by atoms with Crippen LogP contribution in [0.25, 0.3) is 0 Å². The average molecular weight is 325 g/mol. The van der Waals surface area contributed by atoms with Crippen molar-refractivity contribution in [3.05, 3.63) is 35.9 Å². The first-order chi connectivity index (χ1) is 9.09. The number of benzene rings is 1. The lowest BCUT2D eigenvalue weighted by molar-refractivity contribution is -0.157. The van der Waals surface area contributed by atoms with Gasteiger partial charge in [-0.2, -0.15) is 13.2 Å². The Kier molecular flexibility index (Phi) is 7.19. The summed E-state index contributed by atoms with van der Waals surface area (Å²) in [7, 11) is 0. The van der Waals surface area contributed by atoms with Crippen molar-refractivity contribution in [2.45, 2.75) is 37.9 Å². The number of alkyl halides is 3. The molecule has 0 aromatic heterocycles. The monoisotopic (exact) mass is 324 g/mol. The van der Waals surface area contributed by atoms with E-state index in [2.05, 4.69) is 5.32 Å². The smallest absolute Gasteiger partial charge is 0.354 e. The minimum absolute atomic E-state index is 0. The van der Waals surface area contributed by atoms with E-state index in [9.17, 15) is 18.0 Å². The summed E-state index contributed by atoms with van der Waals surface area (Å²) in [6, 6.07) is 7.43. The third kappa shape index (κ3) is 7.34. The van der Waals surface area contributed by atoms with Gasteiger partial charge in [0.15, 0.2) is 0 Å². The molecule has 1 amide bonds. The largest absolute Gasteiger partial charge is 0.396 e. The SMILES string of the molecule is CC(C)(N)CNC(=O)CC(c1ccccc1)C(F)(F)F.Cl. The first-order valence-corrected chi connectivity index (χ1v) is 6.27. The molecule has 0 aliphatic heterocycles. The van der Waals surface area contributed by atoms with Crippen molar-refractivity contribution in [2.75, 3.05) is 6.54 Å². The Morgan fingerprint density at radius 2 is 1.76 bits per heavy atom. The maximum absolute atomic E-state index is 13.0. The second kappa shape index (κ2) is 7.66. The van der Waals surface area contributed by atoms with Gasteiger partial charge in [0.25, 0.3) is 0 Å². The van der Waals surface area contributed by atoms with Gasteiger partial charge in [0, 0.05) is 18.5 Å². The number of halogens is 4. The molecule has 0 radical (unpaired) electrons. The zero-order valence-electron chi connectivity index (χ0n) is 11.9. The predicted octanol–water partition coefficient (Wildman–Crippen LogP) is 3.00. The van der Waals surface area contributed by atoms with Gasteiger partial charge in [-0.15, -0.1) is 12.4 Å². The van der Waals surface area contributed by atoms with Crippen LogP contribution in [0.3, 0.4) is 0 Å². The maximum Gasteiger partial charge on any atom is 0.396 e. The summed E-state index contributed by atoms with van der Waals surface area (Å²) in [5, 5.41) is 2.43. The van der Waals surface area contributed by atoms with Crippen LogP contribution in [0.5, 0.6) is 0 Å². The predicted molar refractivity (Wildman–Crippen MR) is 78.4 cm³/mol. The number of hydrogen-bond acceptors (Lipinski definition) is 2. The number of nitrogens with two attached hydrogens (primary N) is 1. The number of amides is 1. The first-order valence-electron chi connectivity index (χ1n) is 6.27. The van der Waals surface area contributed by atoms with Crippen LogP contribution in [0.15, 0.2) is 30.3 Å². The van der Waals surface area contributed by atoms with Gasteiger partial charge in [0.05, 0.1) is 5.92 Å². The highest BCUT2D eigenvalue weighted by Crippen LogP contribution is 2.37. The molecular formula is C14H20ClF3N2O. The van der Waals surface area contributed by atoms with Gasteiger partial charge in [0.1, 0.15) is 0 Å². The van der Waals surface area contributed by atoms with E-state index in [0.717, 1.165) is 0 Å². The van der Waals surface area contributed by atoms with Gasteiger partial charge in [-0.3, -0.25) is 4.79 Å². The summed E-state index contributed by atoms with van der Waals surface area (Å²) in [5.74, 6) is -2.46. The van der Waals surface area contributed by atoms with Crippen molar-refractivity contribution in [3.63, 3.8) is 0 Å². The Morgan fingerprint density at radius 3 is 2.19 bits per heavy atom. The van der Waals surface area contributed by atoms with Crippen LogP contribution in [-0.4, -0.2) is 24.2 Å². The van der Waals surface area contributed by atoms with Crippen LogP contribution < -0.4 is 11.1 Å². The zero-order valence-corrected chi connectivity index (χ0v) is 12.7. The van der Waals surface area contributed by atoms with Gasteiger partial charge in [-0.1, -0.05) is 30.3 Å². The lowest BCUT2D eigenvalue weighted by Gasteiger charge is -2.22. The van der Waals surface area contributed by atoms with Gasteiger partial charge in [0.2, 0.25) is 5.91 Å². The molecule has 1 atom stereocenters. The highest BCUT2D eigenvalue weighted by Gasteiger charge is 2.41. The molecule has 21 heavy (non-hydrogen) atoms. The fourth-order valence-electron chi connectivity index (χ4n) is 1.69. The van der Waals surface area contributed by atoms with Crippen molar-refractivity contribution in [3.8, 4) is 0 Å². The van der Waals surface area contributed by atoms with Crippen molar-refractivity contribution in [2.24, 2.45) is 5.73 Å². The summed E-state index contributed by atoms with van der Waals surface area (Å²) in [4.78, 5) is 11.7. The summed E-state index contributed by atoms with van der Waals surface area (Å²) in [6.45, 7) is 3.50. The maximum atomic E-state index is 13.0. The quantitative estimate of drug-likeness (QED) is 0.875. The van der Waals surface area contributed by atoms with Gasteiger partial charge < -0.3 is 11.1 Å². The fourth-order valence-corrected chi connectivity index (χ4v) is 1.69. The van der Waals surface area contributed by atoms with Crippen molar-refractivity contribution in [1.29, 1.82) is 0 Å². The van der Waals surface area contributed by atoms with E-state index >= 15 is 0 Å². The van der Waals surface area contributed by atoms with E-state index in [-0.39, 0.29) is 24.5 Å². The molecular weight excluding hydrogens is 305 g/mol. The van der Waals surface area contributed by atoms with Gasteiger partial charge in [-0.05, 0) is 19.4 Å². The number of rotatable bonds is 5. The molecule has 0 aliphatic rings. The molecule has 0 heterocycles. The highest BCUT2D eigenvalue weighted by atomic mass is 35.5. The van der Waals surface area contributed by atoms with E-state index in [1.165, 1.54) is 24.3 Å². The van der Waals surface area contributed by atoms with Crippen LogP contribution in [0.1, 0.15) is 31.7 Å². The zero-order chi connectivity index (χ0) is 15.4.